The van der Waals surface area contributed by atoms with E-state index in [4.69, 9.17) is 0 Å². The largest absolute Gasteiger partial charge is 0.378 e. The lowest BCUT2D eigenvalue weighted by Gasteiger charge is -2.40. The number of nitrogens with zero attached hydrogens (tertiary/aromatic N) is 1. The van der Waals surface area contributed by atoms with E-state index < -0.39 is 0 Å². The average molecular weight is 183 g/mol. The third kappa shape index (κ3) is 2.23. The number of aliphatic hydroxyl groups excluding tert-OH is 1. The summed E-state index contributed by atoms with van der Waals surface area (Å²) in [6, 6.07) is 0.698. The summed E-state index contributed by atoms with van der Waals surface area (Å²) in [5.41, 5.74) is 0. The Morgan fingerprint density at radius 2 is 1.54 bits per heavy atom. The second-order valence-electron chi connectivity index (χ2n) is 4.51. The second-order valence-corrected chi connectivity index (χ2v) is 4.51. The molecular weight excluding hydrogens is 162 g/mol. The molecule has 0 spiro atoms. The summed E-state index contributed by atoms with van der Waals surface area (Å²) in [5, 5.41) is 9.85. The van der Waals surface area contributed by atoms with E-state index in [1.807, 2.05) is 0 Å². The Bertz CT molecular complexity index is 154. The highest BCUT2D eigenvalue weighted by Gasteiger charge is 2.27. The van der Waals surface area contributed by atoms with Crippen molar-refractivity contribution < 1.29 is 5.11 Å². The third-order valence-corrected chi connectivity index (χ3v) is 3.56. The summed E-state index contributed by atoms with van der Waals surface area (Å²) < 4.78 is 0. The molecule has 1 atom stereocenters. The van der Waals surface area contributed by atoms with E-state index in [2.05, 4.69) is 4.90 Å². The normalized spacial score (nSPS) is 33.5. The van der Waals surface area contributed by atoms with Crippen molar-refractivity contribution in [1.29, 1.82) is 0 Å². The molecule has 0 aromatic heterocycles. The molecule has 2 heteroatoms. The van der Waals surface area contributed by atoms with Crippen molar-refractivity contribution in [3.05, 3.63) is 0 Å². The molecule has 13 heavy (non-hydrogen) atoms. The number of piperidine rings is 1. The minimum absolute atomic E-state index is 0.128. The maximum atomic E-state index is 9.85. The number of hydrogen-bond donors (Lipinski definition) is 1. The lowest BCUT2D eigenvalue weighted by atomic mass is 9.92. The Morgan fingerprint density at radius 3 is 2.23 bits per heavy atom. The first-order valence-corrected chi connectivity index (χ1v) is 5.82. The van der Waals surface area contributed by atoms with Crippen molar-refractivity contribution in [2.45, 2.75) is 63.6 Å². The molecule has 2 rings (SSSR count). The Hall–Kier alpha value is -0.0800. The van der Waals surface area contributed by atoms with Gasteiger partial charge >= 0.3 is 0 Å². The van der Waals surface area contributed by atoms with Crippen molar-refractivity contribution in [3.8, 4) is 0 Å². The smallest absolute Gasteiger partial charge is 0.107 e. The second kappa shape index (κ2) is 4.43. The van der Waals surface area contributed by atoms with Gasteiger partial charge in [-0.05, 0) is 32.1 Å². The molecule has 1 aliphatic heterocycles. The van der Waals surface area contributed by atoms with Gasteiger partial charge < -0.3 is 5.11 Å². The van der Waals surface area contributed by atoms with Crippen LogP contribution in [0.4, 0.5) is 0 Å². The van der Waals surface area contributed by atoms with Gasteiger partial charge in [-0.25, -0.2) is 0 Å². The molecule has 1 aliphatic carbocycles. The van der Waals surface area contributed by atoms with Crippen molar-refractivity contribution in [2.75, 3.05) is 6.54 Å². The highest BCUT2D eigenvalue weighted by molar-refractivity contribution is 4.79. The van der Waals surface area contributed by atoms with Crippen LogP contribution in [-0.4, -0.2) is 28.8 Å². The standard InChI is InChI=1S/C11H21NO/c13-11-8-4-5-9-12(11)10-6-2-1-3-7-10/h10-11,13H,1-9H2. The predicted octanol–water partition coefficient (Wildman–Crippen LogP) is 2.12. The van der Waals surface area contributed by atoms with E-state index >= 15 is 0 Å². The van der Waals surface area contributed by atoms with E-state index in [0.29, 0.717) is 6.04 Å². The Kier molecular flexibility index (Phi) is 3.23. The topological polar surface area (TPSA) is 23.5 Å². The lowest BCUT2D eigenvalue weighted by Crippen LogP contribution is -2.46. The lowest BCUT2D eigenvalue weighted by molar-refractivity contribution is -0.0579. The Labute approximate surface area is 80.9 Å². The molecule has 0 bridgehead atoms. The van der Waals surface area contributed by atoms with Crippen LogP contribution in [0.5, 0.6) is 0 Å². The van der Waals surface area contributed by atoms with Crippen LogP contribution in [0.3, 0.4) is 0 Å². The molecule has 0 aromatic rings. The van der Waals surface area contributed by atoms with Crippen LogP contribution in [0, 0.1) is 0 Å². The van der Waals surface area contributed by atoms with Crippen molar-refractivity contribution in [1.82, 2.24) is 4.90 Å². The fraction of sp³-hybridized carbons (Fsp3) is 1.00. The van der Waals surface area contributed by atoms with Gasteiger partial charge in [0.2, 0.25) is 0 Å². The first kappa shape index (κ1) is 9.47. The number of rotatable bonds is 1. The third-order valence-electron chi connectivity index (χ3n) is 3.56. The van der Waals surface area contributed by atoms with Gasteiger partial charge in [-0.1, -0.05) is 19.3 Å². The number of likely N-dealkylation sites (tertiary alicyclic amines) is 1. The van der Waals surface area contributed by atoms with Gasteiger partial charge in [-0.15, -0.1) is 0 Å². The van der Waals surface area contributed by atoms with Crippen LogP contribution in [0.1, 0.15) is 51.4 Å². The van der Waals surface area contributed by atoms with Crippen molar-refractivity contribution in [3.63, 3.8) is 0 Å². The predicted molar refractivity (Wildman–Crippen MR) is 53.4 cm³/mol. The fourth-order valence-electron chi connectivity index (χ4n) is 2.77. The first-order valence-electron chi connectivity index (χ1n) is 5.82. The SMILES string of the molecule is OC1CCCCN1C1CCCCC1. The van der Waals surface area contributed by atoms with E-state index in [-0.39, 0.29) is 6.23 Å². The van der Waals surface area contributed by atoms with Crippen molar-refractivity contribution >= 4 is 0 Å². The highest BCUT2D eigenvalue weighted by Crippen LogP contribution is 2.27. The van der Waals surface area contributed by atoms with Crippen molar-refractivity contribution in [2.24, 2.45) is 0 Å². The minimum Gasteiger partial charge on any atom is -0.378 e. The average Bonchev–Trinajstić information content (AvgIpc) is 2.20. The van der Waals surface area contributed by atoms with Crippen LogP contribution in [0.25, 0.3) is 0 Å². The van der Waals surface area contributed by atoms with Gasteiger partial charge in [0.15, 0.2) is 0 Å². The zero-order valence-electron chi connectivity index (χ0n) is 8.41. The van der Waals surface area contributed by atoms with Crippen LogP contribution in [0.2, 0.25) is 0 Å². The van der Waals surface area contributed by atoms with Gasteiger partial charge in [0.25, 0.3) is 0 Å². The molecule has 1 saturated heterocycles. The fourth-order valence-corrected chi connectivity index (χ4v) is 2.77. The van der Waals surface area contributed by atoms with E-state index in [9.17, 15) is 5.11 Å². The first-order chi connectivity index (χ1) is 6.38. The molecule has 2 nitrogen and oxygen atoms in total. The summed E-state index contributed by atoms with van der Waals surface area (Å²) in [6.07, 6.45) is 10.1. The molecule has 0 amide bonds. The van der Waals surface area contributed by atoms with Gasteiger partial charge in [0, 0.05) is 12.6 Å². The molecule has 76 valence electrons. The van der Waals surface area contributed by atoms with Gasteiger partial charge in [0.1, 0.15) is 6.23 Å². The highest BCUT2D eigenvalue weighted by atomic mass is 16.3. The maximum absolute atomic E-state index is 9.85. The molecule has 2 fully saturated rings. The molecule has 1 saturated carbocycles. The molecule has 2 aliphatic rings. The van der Waals surface area contributed by atoms with Gasteiger partial charge in [-0.3, -0.25) is 4.90 Å². The zero-order chi connectivity index (χ0) is 9.10. The van der Waals surface area contributed by atoms with E-state index in [1.165, 1.54) is 44.9 Å². The molecule has 1 heterocycles. The zero-order valence-corrected chi connectivity index (χ0v) is 8.41. The molecule has 0 radical (unpaired) electrons. The summed E-state index contributed by atoms with van der Waals surface area (Å²) in [5.74, 6) is 0. The quantitative estimate of drug-likeness (QED) is 0.673. The number of aliphatic hydroxyl groups is 1. The Balaban J connectivity index is 1.88. The maximum Gasteiger partial charge on any atom is 0.107 e. The van der Waals surface area contributed by atoms with Crippen LogP contribution in [-0.2, 0) is 0 Å². The summed E-state index contributed by atoms with van der Waals surface area (Å²) in [6.45, 7) is 1.13. The Morgan fingerprint density at radius 1 is 0.846 bits per heavy atom. The van der Waals surface area contributed by atoms with Gasteiger partial charge in [0.05, 0.1) is 0 Å². The molecule has 1 unspecified atom stereocenters. The summed E-state index contributed by atoms with van der Waals surface area (Å²) in [7, 11) is 0. The monoisotopic (exact) mass is 183 g/mol. The molecule has 1 N–H and O–H groups in total. The molecular formula is C11H21NO. The molecule has 0 aromatic carbocycles. The van der Waals surface area contributed by atoms with Gasteiger partial charge in [-0.2, -0.15) is 0 Å². The van der Waals surface area contributed by atoms with Crippen LogP contribution in [0.15, 0.2) is 0 Å². The minimum atomic E-state index is -0.128. The number of hydrogen-bond acceptors (Lipinski definition) is 2. The van der Waals surface area contributed by atoms with Crippen LogP contribution >= 0.6 is 0 Å². The van der Waals surface area contributed by atoms with E-state index in [1.54, 1.807) is 0 Å². The van der Waals surface area contributed by atoms with Crippen LogP contribution < -0.4 is 0 Å². The van der Waals surface area contributed by atoms with E-state index in [0.717, 1.165) is 13.0 Å². The summed E-state index contributed by atoms with van der Waals surface area (Å²) in [4.78, 5) is 2.35. The summed E-state index contributed by atoms with van der Waals surface area (Å²) >= 11 is 0.